The van der Waals surface area contributed by atoms with Crippen LogP contribution in [0.1, 0.15) is 46.5 Å². The lowest BCUT2D eigenvalue weighted by atomic mass is 10.0. The fourth-order valence-electron chi connectivity index (χ4n) is 2.64. The van der Waals surface area contributed by atoms with E-state index in [0.717, 1.165) is 12.8 Å². The van der Waals surface area contributed by atoms with Gasteiger partial charge in [0, 0.05) is 12.6 Å². The molecule has 0 aromatic carbocycles. The molecule has 0 radical (unpaired) electrons. The van der Waals surface area contributed by atoms with Crippen molar-refractivity contribution in [3.05, 3.63) is 0 Å². The highest BCUT2D eigenvalue weighted by molar-refractivity contribution is 7.91. The van der Waals surface area contributed by atoms with E-state index in [0.29, 0.717) is 25.3 Å². The molecular formula is C14H28N2O3S. The fraction of sp³-hybridized carbons (Fsp3) is 0.929. The van der Waals surface area contributed by atoms with Crippen LogP contribution in [0.3, 0.4) is 0 Å². The maximum Gasteiger partial charge on any atom is 0.239 e. The predicted molar refractivity (Wildman–Crippen MR) is 81.1 cm³/mol. The number of carbonyl (C=O) groups is 1. The van der Waals surface area contributed by atoms with Gasteiger partial charge >= 0.3 is 0 Å². The second-order valence-electron chi connectivity index (χ2n) is 6.18. The Kier molecular flexibility index (Phi) is 6.45. The number of hydrogen-bond donors (Lipinski definition) is 1. The van der Waals surface area contributed by atoms with Crippen molar-refractivity contribution in [2.45, 2.75) is 58.5 Å². The molecule has 0 spiro atoms. The maximum absolute atomic E-state index is 12.5. The van der Waals surface area contributed by atoms with Crippen LogP contribution in [-0.4, -0.2) is 49.4 Å². The van der Waals surface area contributed by atoms with E-state index in [2.05, 4.69) is 6.92 Å². The Hall–Kier alpha value is -0.620. The van der Waals surface area contributed by atoms with Crippen molar-refractivity contribution in [1.82, 2.24) is 4.90 Å². The summed E-state index contributed by atoms with van der Waals surface area (Å²) in [5.74, 6) is 0.549. The van der Waals surface area contributed by atoms with Gasteiger partial charge in [0.1, 0.15) is 0 Å². The van der Waals surface area contributed by atoms with Crippen LogP contribution in [0.15, 0.2) is 0 Å². The summed E-state index contributed by atoms with van der Waals surface area (Å²) in [6.07, 6.45) is 3.05. The zero-order chi connectivity index (χ0) is 15.3. The quantitative estimate of drug-likeness (QED) is 0.766. The first kappa shape index (κ1) is 17.4. The topological polar surface area (TPSA) is 80.5 Å². The predicted octanol–water partition coefficient (Wildman–Crippen LogP) is 1.18. The van der Waals surface area contributed by atoms with Gasteiger partial charge in [-0.2, -0.15) is 0 Å². The zero-order valence-electron chi connectivity index (χ0n) is 12.8. The lowest BCUT2D eigenvalue weighted by molar-refractivity contribution is -0.135. The molecule has 2 N–H and O–H groups in total. The molecule has 1 rings (SSSR count). The van der Waals surface area contributed by atoms with Gasteiger partial charge in [-0.3, -0.25) is 4.79 Å². The van der Waals surface area contributed by atoms with E-state index in [1.165, 1.54) is 0 Å². The van der Waals surface area contributed by atoms with E-state index in [4.69, 9.17) is 5.73 Å². The van der Waals surface area contributed by atoms with Crippen LogP contribution in [0, 0.1) is 5.92 Å². The van der Waals surface area contributed by atoms with Crippen LogP contribution in [0.5, 0.6) is 0 Å². The molecule has 6 heteroatoms. The number of carbonyl (C=O) groups excluding carboxylic acids is 1. The van der Waals surface area contributed by atoms with Gasteiger partial charge in [0.25, 0.3) is 0 Å². The Labute approximate surface area is 122 Å². The zero-order valence-corrected chi connectivity index (χ0v) is 13.7. The van der Waals surface area contributed by atoms with Crippen LogP contribution >= 0.6 is 0 Å². The second-order valence-corrected chi connectivity index (χ2v) is 8.41. The lowest BCUT2D eigenvalue weighted by Gasteiger charge is -2.31. The van der Waals surface area contributed by atoms with E-state index in [1.807, 2.05) is 13.8 Å². The summed E-state index contributed by atoms with van der Waals surface area (Å²) < 4.78 is 23.2. The third-order valence-corrected chi connectivity index (χ3v) is 5.48. The summed E-state index contributed by atoms with van der Waals surface area (Å²) in [4.78, 5) is 14.2. The Balaban J connectivity index is 2.75. The molecule has 1 amide bonds. The minimum atomic E-state index is -2.98. The number of unbranched alkanes of at least 4 members (excludes halogenated alkanes) is 1. The first-order chi connectivity index (χ1) is 9.26. The normalized spacial score (nSPS) is 22.9. The van der Waals surface area contributed by atoms with Crippen molar-refractivity contribution < 1.29 is 13.2 Å². The number of amides is 1. The molecule has 0 bridgehead atoms. The summed E-state index contributed by atoms with van der Waals surface area (Å²) in [6.45, 7) is 6.73. The van der Waals surface area contributed by atoms with Crippen LogP contribution in [0.2, 0.25) is 0 Å². The highest BCUT2D eigenvalue weighted by Crippen LogP contribution is 2.20. The van der Waals surface area contributed by atoms with Gasteiger partial charge in [-0.25, -0.2) is 8.42 Å². The van der Waals surface area contributed by atoms with Crippen molar-refractivity contribution in [3.8, 4) is 0 Å². The van der Waals surface area contributed by atoms with Crippen molar-refractivity contribution in [3.63, 3.8) is 0 Å². The summed E-state index contributed by atoms with van der Waals surface area (Å²) in [6, 6.07) is -0.701. The maximum atomic E-state index is 12.5. The molecule has 0 aliphatic carbocycles. The van der Waals surface area contributed by atoms with Gasteiger partial charge in [0.2, 0.25) is 5.91 Å². The number of nitrogens with zero attached hydrogens (tertiary/aromatic N) is 1. The largest absolute Gasteiger partial charge is 0.337 e. The van der Waals surface area contributed by atoms with Crippen LogP contribution in [0.25, 0.3) is 0 Å². The number of hydrogen-bond acceptors (Lipinski definition) is 4. The van der Waals surface area contributed by atoms with Crippen molar-refractivity contribution in [2.75, 3.05) is 18.1 Å². The summed E-state index contributed by atoms with van der Waals surface area (Å²) in [7, 11) is -2.98. The minimum Gasteiger partial charge on any atom is -0.337 e. The standard InChI is InChI=1S/C14H28N2O3S/c1-4-5-7-16(12-6-8-20(18,19)10-12)14(17)13(15)9-11(2)3/h11-13H,4-10,15H2,1-3H3. The Morgan fingerprint density at radius 2 is 2.05 bits per heavy atom. The van der Waals surface area contributed by atoms with E-state index < -0.39 is 15.9 Å². The van der Waals surface area contributed by atoms with Crippen molar-refractivity contribution in [2.24, 2.45) is 11.7 Å². The molecule has 1 fully saturated rings. The fourth-order valence-corrected chi connectivity index (χ4v) is 4.37. The molecule has 1 aliphatic rings. The lowest BCUT2D eigenvalue weighted by Crippen LogP contribution is -2.50. The Bertz CT molecular complexity index is 420. The second kappa shape index (κ2) is 7.41. The van der Waals surface area contributed by atoms with E-state index in [1.54, 1.807) is 4.90 Å². The third kappa shape index (κ3) is 5.05. The molecule has 118 valence electrons. The van der Waals surface area contributed by atoms with Crippen LogP contribution in [-0.2, 0) is 14.6 Å². The van der Waals surface area contributed by atoms with Gasteiger partial charge in [0.15, 0.2) is 9.84 Å². The first-order valence-electron chi connectivity index (χ1n) is 7.53. The molecular weight excluding hydrogens is 276 g/mol. The molecule has 0 aromatic rings. The average molecular weight is 304 g/mol. The van der Waals surface area contributed by atoms with Gasteiger partial charge in [-0.05, 0) is 25.2 Å². The first-order valence-corrected chi connectivity index (χ1v) is 9.35. The minimum absolute atomic E-state index is 0.0887. The Morgan fingerprint density at radius 3 is 2.50 bits per heavy atom. The summed E-state index contributed by atoms with van der Waals surface area (Å²) in [5, 5.41) is 0. The number of rotatable bonds is 7. The summed E-state index contributed by atoms with van der Waals surface area (Å²) >= 11 is 0. The van der Waals surface area contributed by atoms with Crippen molar-refractivity contribution in [1.29, 1.82) is 0 Å². The van der Waals surface area contributed by atoms with Gasteiger partial charge in [-0.15, -0.1) is 0 Å². The van der Waals surface area contributed by atoms with Gasteiger partial charge < -0.3 is 10.6 Å². The molecule has 1 heterocycles. The highest BCUT2D eigenvalue weighted by atomic mass is 32.2. The SMILES string of the molecule is CCCCN(C(=O)C(N)CC(C)C)C1CCS(=O)(=O)C1. The molecule has 0 saturated carbocycles. The molecule has 5 nitrogen and oxygen atoms in total. The number of sulfone groups is 1. The molecule has 2 unspecified atom stereocenters. The monoisotopic (exact) mass is 304 g/mol. The van der Waals surface area contributed by atoms with E-state index >= 15 is 0 Å². The molecule has 0 aromatic heterocycles. The molecule has 1 aliphatic heterocycles. The number of nitrogens with two attached hydrogens (primary N) is 1. The van der Waals surface area contributed by atoms with E-state index in [-0.39, 0.29) is 23.5 Å². The van der Waals surface area contributed by atoms with Crippen LogP contribution in [0.4, 0.5) is 0 Å². The van der Waals surface area contributed by atoms with Crippen molar-refractivity contribution >= 4 is 15.7 Å². The molecule has 2 atom stereocenters. The highest BCUT2D eigenvalue weighted by Gasteiger charge is 2.35. The van der Waals surface area contributed by atoms with E-state index in [9.17, 15) is 13.2 Å². The average Bonchev–Trinajstić information content (AvgIpc) is 2.69. The Morgan fingerprint density at radius 1 is 1.40 bits per heavy atom. The molecule has 20 heavy (non-hydrogen) atoms. The third-order valence-electron chi connectivity index (χ3n) is 3.73. The van der Waals surface area contributed by atoms with Crippen LogP contribution < -0.4 is 5.73 Å². The molecule has 1 saturated heterocycles. The van der Waals surface area contributed by atoms with Gasteiger partial charge in [-0.1, -0.05) is 27.2 Å². The smallest absolute Gasteiger partial charge is 0.239 e. The summed E-state index contributed by atoms with van der Waals surface area (Å²) in [5.41, 5.74) is 5.99. The van der Waals surface area contributed by atoms with Gasteiger partial charge in [0.05, 0.1) is 17.5 Å².